The van der Waals surface area contributed by atoms with E-state index in [0.717, 1.165) is 27.2 Å². The molecule has 308 valence electrons. The first-order valence-electron chi connectivity index (χ1n) is 19.9. The average molecular weight is 814 g/mol. The lowest BCUT2D eigenvalue weighted by Gasteiger charge is -2.30. The van der Waals surface area contributed by atoms with Gasteiger partial charge in [0.15, 0.2) is 6.04 Å². The number of nitrogens with one attached hydrogen (secondary N) is 3. The zero-order chi connectivity index (χ0) is 41.9. The number of fused-ring (bicyclic) bond motifs is 8. The van der Waals surface area contributed by atoms with Crippen LogP contribution in [-0.2, 0) is 54.6 Å². The molecule has 2 aliphatic heterocycles. The Morgan fingerprint density at radius 3 is 2.43 bits per heavy atom. The molecular formula is C46H44FN5O8. The van der Waals surface area contributed by atoms with Crippen LogP contribution in [0.4, 0.5) is 9.18 Å². The Kier molecular flexibility index (Phi) is 11.5. The molecule has 0 unspecified atom stereocenters. The summed E-state index contributed by atoms with van der Waals surface area (Å²) >= 11 is 0. The molecule has 4 bridgehead atoms. The number of hydrogen-bond acceptors (Lipinski definition) is 7. The smallest absolute Gasteiger partial charge is 0.407 e. The third-order valence-corrected chi connectivity index (χ3v) is 11.5. The third kappa shape index (κ3) is 8.23. The summed E-state index contributed by atoms with van der Waals surface area (Å²) in [4.78, 5) is 69.7. The zero-order valence-electron chi connectivity index (χ0n) is 32.6. The molecule has 8 rings (SSSR count). The maximum Gasteiger partial charge on any atom is 0.407 e. The van der Waals surface area contributed by atoms with Gasteiger partial charge in [0.1, 0.15) is 31.1 Å². The van der Waals surface area contributed by atoms with E-state index in [4.69, 9.17) is 9.47 Å². The maximum atomic E-state index is 14.7. The number of halogens is 1. The SMILES string of the molecule is C=CCn1cc(C[C@@H]2NC(=O)[C@@H](NC(=O)OCC3c4ccccc4-c4ccccc43)Cc3cccc(c3)CNC(=O)CO[C@H]3CCN(C2=O)[C@@H]3C(=O)O)c2cc(F)ccc21. The van der Waals surface area contributed by atoms with Crippen molar-refractivity contribution in [2.24, 2.45) is 0 Å². The van der Waals surface area contributed by atoms with Gasteiger partial charge in [0.25, 0.3) is 0 Å². The van der Waals surface area contributed by atoms with Gasteiger partial charge in [0.2, 0.25) is 17.7 Å². The van der Waals surface area contributed by atoms with Crippen LogP contribution in [-0.4, -0.2) is 88.3 Å². The van der Waals surface area contributed by atoms with Crippen LogP contribution in [0.2, 0.25) is 0 Å². The average Bonchev–Trinajstić information content (AvgIpc) is 3.92. The molecule has 0 radical (unpaired) electrons. The fourth-order valence-corrected chi connectivity index (χ4v) is 8.69. The molecule has 60 heavy (non-hydrogen) atoms. The zero-order valence-corrected chi connectivity index (χ0v) is 32.6. The number of amides is 4. The molecule has 13 nitrogen and oxygen atoms in total. The number of carboxylic acid groups (broad SMARTS) is 1. The van der Waals surface area contributed by atoms with Crippen molar-refractivity contribution in [3.8, 4) is 11.1 Å². The number of nitrogens with zero attached hydrogens (tertiary/aromatic N) is 2. The van der Waals surface area contributed by atoms with Gasteiger partial charge in [-0.15, -0.1) is 6.58 Å². The highest BCUT2D eigenvalue weighted by molar-refractivity contribution is 5.94. The van der Waals surface area contributed by atoms with E-state index in [-0.39, 0.29) is 44.9 Å². The normalized spacial score (nSPS) is 20.8. The van der Waals surface area contributed by atoms with Crippen LogP contribution in [0.1, 0.15) is 40.2 Å². The van der Waals surface area contributed by atoms with Crippen molar-refractivity contribution in [1.82, 2.24) is 25.4 Å². The Hall–Kier alpha value is -6.80. The molecule has 0 spiro atoms. The Bertz CT molecular complexity index is 2460. The molecule has 0 saturated carbocycles. The Morgan fingerprint density at radius 2 is 1.70 bits per heavy atom. The van der Waals surface area contributed by atoms with Gasteiger partial charge < -0.3 is 40.0 Å². The summed E-state index contributed by atoms with van der Waals surface area (Å²) in [5.41, 5.74) is 6.66. The van der Waals surface area contributed by atoms with Crippen LogP contribution in [0.15, 0.2) is 110 Å². The lowest BCUT2D eigenvalue weighted by Crippen LogP contribution is -2.57. The van der Waals surface area contributed by atoms with E-state index >= 15 is 0 Å². The van der Waals surface area contributed by atoms with Crippen molar-refractivity contribution in [1.29, 1.82) is 0 Å². The Balaban J connectivity index is 1.12. The molecule has 14 heteroatoms. The summed E-state index contributed by atoms with van der Waals surface area (Å²) in [5, 5.41) is 19.2. The summed E-state index contributed by atoms with van der Waals surface area (Å²) < 4.78 is 28.2. The first kappa shape index (κ1) is 40.0. The van der Waals surface area contributed by atoms with E-state index in [0.29, 0.717) is 34.1 Å². The molecule has 4 amide bonds. The molecule has 1 fully saturated rings. The first-order valence-corrected chi connectivity index (χ1v) is 19.9. The number of carboxylic acids is 1. The fourth-order valence-electron chi connectivity index (χ4n) is 8.69. The first-order chi connectivity index (χ1) is 29.1. The van der Waals surface area contributed by atoms with Crippen molar-refractivity contribution >= 4 is 40.7 Å². The quantitative estimate of drug-likeness (QED) is 0.162. The monoisotopic (exact) mass is 813 g/mol. The van der Waals surface area contributed by atoms with Crippen LogP contribution in [0.5, 0.6) is 0 Å². The molecule has 3 aliphatic rings. The maximum absolute atomic E-state index is 14.7. The molecular weight excluding hydrogens is 770 g/mol. The minimum atomic E-state index is -1.47. The number of hydrogen-bond donors (Lipinski definition) is 4. The number of rotatable bonds is 8. The van der Waals surface area contributed by atoms with Crippen LogP contribution in [0.3, 0.4) is 0 Å². The predicted molar refractivity (Wildman–Crippen MR) is 219 cm³/mol. The highest BCUT2D eigenvalue weighted by Gasteiger charge is 2.45. The second-order valence-electron chi connectivity index (χ2n) is 15.3. The van der Waals surface area contributed by atoms with Crippen LogP contribution in [0, 0.1) is 5.82 Å². The van der Waals surface area contributed by atoms with E-state index in [1.807, 2.05) is 53.1 Å². The fraction of sp³-hybridized carbons (Fsp3) is 0.283. The number of carbonyl (C=O) groups excluding carboxylic acids is 4. The number of allylic oxidation sites excluding steroid dienone is 1. The highest BCUT2D eigenvalue weighted by Crippen LogP contribution is 2.44. The predicted octanol–water partition coefficient (Wildman–Crippen LogP) is 4.84. The second kappa shape index (κ2) is 17.2. The lowest BCUT2D eigenvalue weighted by molar-refractivity contribution is -0.154. The second-order valence-corrected chi connectivity index (χ2v) is 15.3. The van der Waals surface area contributed by atoms with E-state index in [2.05, 4.69) is 22.5 Å². The van der Waals surface area contributed by atoms with E-state index in [1.165, 1.54) is 12.1 Å². The summed E-state index contributed by atoms with van der Waals surface area (Å²) in [6.45, 7) is 3.83. The molecule has 4 N–H and O–H groups in total. The van der Waals surface area contributed by atoms with Gasteiger partial charge in [-0.05, 0) is 63.6 Å². The number of carbonyl (C=O) groups is 5. The van der Waals surface area contributed by atoms with Gasteiger partial charge in [-0.25, -0.2) is 14.0 Å². The van der Waals surface area contributed by atoms with Crippen LogP contribution < -0.4 is 16.0 Å². The summed E-state index contributed by atoms with van der Waals surface area (Å²) in [6.07, 6.45) is 1.48. The minimum absolute atomic E-state index is 0.00933. The largest absolute Gasteiger partial charge is 0.480 e. The highest BCUT2D eigenvalue weighted by atomic mass is 19.1. The standard InChI is InChI=1S/C46H44FN5O8/c1-2-17-51-24-29(35-22-30(47)14-15-39(35)51)21-38-44(55)52-18-16-40(42(52)45(56)57)59-26-41(53)48-23-28-9-7-8-27(19-28)20-37(43(54)49-38)50-46(58)60-25-36-33-12-5-3-10-31(33)32-11-4-6-13-34(32)36/h2-15,19,22,24,36-38,40,42H,1,16-18,20-21,23,25-26H2,(H,48,53)(H,49,54)(H,50,58)(H,56,57)/t37-,38-,40-,42-/m0/s1. The van der Waals surface area contributed by atoms with Gasteiger partial charge in [-0.2, -0.15) is 0 Å². The minimum Gasteiger partial charge on any atom is -0.480 e. The van der Waals surface area contributed by atoms with Crippen LogP contribution >= 0.6 is 0 Å². The number of alkyl carbamates (subject to hydrolysis) is 1. The molecule has 1 saturated heterocycles. The van der Waals surface area contributed by atoms with E-state index in [1.54, 1.807) is 42.6 Å². The molecule has 3 heterocycles. The van der Waals surface area contributed by atoms with Gasteiger partial charge >= 0.3 is 12.1 Å². The summed E-state index contributed by atoms with van der Waals surface area (Å²) in [6, 6.07) is 23.1. The van der Waals surface area contributed by atoms with Gasteiger partial charge in [-0.3, -0.25) is 14.4 Å². The molecule has 1 aliphatic carbocycles. The van der Waals surface area contributed by atoms with Crippen molar-refractivity contribution in [3.05, 3.63) is 143 Å². The van der Waals surface area contributed by atoms with Crippen molar-refractivity contribution in [2.45, 2.75) is 62.5 Å². The van der Waals surface area contributed by atoms with Gasteiger partial charge in [0, 0.05) is 55.5 Å². The number of aliphatic carboxylic acids is 1. The molecule has 4 aromatic carbocycles. The van der Waals surface area contributed by atoms with Crippen molar-refractivity contribution < 1.29 is 42.9 Å². The lowest BCUT2D eigenvalue weighted by atomic mass is 9.98. The van der Waals surface area contributed by atoms with Gasteiger partial charge in [0.05, 0.1) is 6.10 Å². The summed E-state index contributed by atoms with van der Waals surface area (Å²) in [5.74, 6) is -4.02. The van der Waals surface area contributed by atoms with E-state index < -0.39 is 66.4 Å². The van der Waals surface area contributed by atoms with Gasteiger partial charge in [-0.1, -0.05) is 78.9 Å². The Labute approximate surface area is 345 Å². The topological polar surface area (TPSA) is 168 Å². The molecule has 1 aromatic heterocycles. The molecule has 5 aromatic rings. The number of aromatic nitrogens is 1. The summed E-state index contributed by atoms with van der Waals surface area (Å²) in [7, 11) is 0. The number of benzene rings is 4. The molecule has 4 atom stereocenters. The van der Waals surface area contributed by atoms with Crippen molar-refractivity contribution in [2.75, 3.05) is 19.8 Å². The van der Waals surface area contributed by atoms with Crippen LogP contribution in [0.25, 0.3) is 22.0 Å². The third-order valence-electron chi connectivity index (χ3n) is 11.5. The van der Waals surface area contributed by atoms with Crippen molar-refractivity contribution in [3.63, 3.8) is 0 Å². The number of ether oxygens (including phenoxy) is 2. The Morgan fingerprint density at radius 1 is 0.967 bits per heavy atom. The van der Waals surface area contributed by atoms with E-state index in [9.17, 15) is 33.5 Å².